The van der Waals surface area contributed by atoms with E-state index >= 15 is 0 Å². The molecule has 5 aromatic heterocycles. The van der Waals surface area contributed by atoms with E-state index in [2.05, 4.69) is 51.4 Å². The molecule has 11 nitrogen and oxygen atoms in total. The van der Waals surface area contributed by atoms with Crippen molar-refractivity contribution in [1.82, 2.24) is 44.8 Å². The molecule has 3 aliphatic rings. The first-order chi connectivity index (χ1) is 19.5. The number of hydrogen-bond donors (Lipinski definition) is 2. The number of aryl methyl sites for hydroxylation is 2. The van der Waals surface area contributed by atoms with Gasteiger partial charge in [-0.1, -0.05) is 0 Å². The maximum atomic E-state index is 13.2. The summed E-state index contributed by atoms with van der Waals surface area (Å²) < 4.78 is 14.7. The molecule has 0 radical (unpaired) electrons. The van der Waals surface area contributed by atoms with Crippen molar-refractivity contribution < 1.29 is 4.39 Å². The van der Waals surface area contributed by atoms with Crippen molar-refractivity contribution in [3.8, 4) is 17.1 Å². The van der Waals surface area contributed by atoms with Gasteiger partial charge in [0.1, 0.15) is 11.6 Å². The average molecular weight is 538 g/mol. The van der Waals surface area contributed by atoms with E-state index < -0.39 is 5.95 Å². The molecular weight excluding hydrogens is 509 g/mol. The molecule has 40 heavy (non-hydrogen) atoms. The summed E-state index contributed by atoms with van der Waals surface area (Å²) in [7, 11) is 0. The molecule has 3 aliphatic heterocycles. The highest BCUT2D eigenvalue weighted by Gasteiger charge is 2.44. The van der Waals surface area contributed by atoms with Crippen molar-refractivity contribution >= 4 is 17.5 Å². The number of halogens is 1. The highest BCUT2D eigenvalue weighted by atomic mass is 19.1. The van der Waals surface area contributed by atoms with Crippen LogP contribution in [0.15, 0.2) is 61.1 Å². The Morgan fingerprint density at radius 1 is 0.975 bits per heavy atom. The summed E-state index contributed by atoms with van der Waals surface area (Å²) in [5, 5.41) is 14.2. The third kappa shape index (κ3) is 4.77. The molecule has 0 amide bonds. The largest absolute Gasteiger partial charge is 0.353 e. The first-order valence-electron chi connectivity index (χ1n) is 13.3. The number of piperazine rings is 1. The lowest BCUT2D eigenvalue weighted by Crippen LogP contribution is -2.68. The number of fused-ring (bicyclic) bond motifs is 2. The van der Waals surface area contributed by atoms with Crippen molar-refractivity contribution in [2.75, 3.05) is 23.3 Å². The number of nitrogens with one attached hydrogen (secondary N) is 2. The van der Waals surface area contributed by atoms with Crippen molar-refractivity contribution in [1.29, 1.82) is 0 Å². The quantitative estimate of drug-likeness (QED) is 0.320. The Kier molecular flexibility index (Phi) is 5.96. The van der Waals surface area contributed by atoms with E-state index in [1.165, 1.54) is 17.2 Å². The van der Waals surface area contributed by atoms with Crippen molar-refractivity contribution in [2.24, 2.45) is 0 Å². The summed E-state index contributed by atoms with van der Waals surface area (Å²) >= 11 is 0. The predicted octanol–water partition coefficient (Wildman–Crippen LogP) is 3.81. The maximum Gasteiger partial charge on any atom is 0.233 e. The zero-order valence-electron chi connectivity index (χ0n) is 22.2. The van der Waals surface area contributed by atoms with Gasteiger partial charge in [-0.05, 0) is 44.5 Å². The number of anilines is 3. The Morgan fingerprint density at radius 2 is 1.85 bits per heavy atom. The minimum atomic E-state index is -0.502. The molecule has 2 bridgehead atoms. The van der Waals surface area contributed by atoms with Gasteiger partial charge in [-0.3, -0.25) is 15.0 Å². The summed E-state index contributed by atoms with van der Waals surface area (Å²) in [4.78, 5) is 23.5. The Bertz CT molecular complexity index is 1630. The molecule has 12 heteroatoms. The SMILES string of the molecule is Cc1cc(Nc2cc(C)[nH]n2)nc(-c2ccc(N3CC4CC(C3)N4Cc3ccc(-n4ccc(F)n4)cn3)nc2)n1. The summed E-state index contributed by atoms with van der Waals surface area (Å²) in [6.07, 6.45) is 6.36. The lowest BCUT2D eigenvalue weighted by atomic mass is 9.87. The number of aromatic nitrogens is 8. The highest BCUT2D eigenvalue weighted by Crippen LogP contribution is 2.35. The molecule has 8 heterocycles. The van der Waals surface area contributed by atoms with Gasteiger partial charge in [0, 0.05) is 79.3 Å². The number of rotatable bonds is 7. The van der Waals surface area contributed by atoms with Crippen LogP contribution in [0.1, 0.15) is 23.5 Å². The maximum absolute atomic E-state index is 13.2. The Labute approximate surface area is 230 Å². The summed E-state index contributed by atoms with van der Waals surface area (Å²) in [6.45, 7) is 6.54. The van der Waals surface area contributed by atoms with Gasteiger partial charge >= 0.3 is 0 Å². The van der Waals surface area contributed by atoms with Gasteiger partial charge < -0.3 is 10.2 Å². The van der Waals surface area contributed by atoms with E-state index in [9.17, 15) is 4.39 Å². The van der Waals surface area contributed by atoms with E-state index in [4.69, 9.17) is 4.98 Å². The van der Waals surface area contributed by atoms with Crippen LogP contribution in [0, 0.1) is 19.8 Å². The van der Waals surface area contributed by atoms with Crippen LogP contribution < -0.4 is 10.2 Å². The summed E-state index contributed by atoms with van der Waals surface area (Å²) in [5.74, 6) is 2.49. The predicted molar refractivity (Wildman–Crippen MR) is 148 cm³/mol. The van der Waals surface area contributed by atoms with Crippen LogP contribution in [-0.4, -0.2) is 70.0 Å². The Morgan fingerprint density at radius 3 is 2.52 bits per heavy atom. The monoisotopic (exact) mass is 537 g/mol. The average Bonchev–Trinajstić information content (AvgIpc) is 3.59. The van der Waals surface area contributed by atoms with E-state index in [0.29, 0.717) is 29.5 Å². The van der Waals surface area contributed by atoms with Gasteiger partial charge in [0.05, 0.1) is 17.6 Å². The summed E-state index contributed by atoms with van der Waals surface area (Å²) in [6, 6.07) is 14.1. The highest BCUT2D eigenvalue weighted by molar-refractivity contribution is 5.61. The smallest absolute Gasteiger partial charge is 0.233 e. The van der Waals surface area contributed by atoms with Crippen LogP contribution in [0.3, 0.4) is 0 Å². The molecule has 5 aromatic rings. The second-order valence-electron chi connectivity index (χ2n) is 10.4. The molecule has 3 fully saturated rings. The number of nitrogens with zero attached hydrogens (tertiary/aromatic N) is 9. The lowest BCUT2D eigenvalue weighted by molar-refractivity contribution is -0.00967. The van der Waals surface area contributed by atoms with Crippen LogP contribution >= 0.6 is 0 Å². The molecule has 2 atom stereocenters. The molecule has 0 saturated carbocycles. The van der Waals surface area contributed by atoms with E-state index in [1.807, 2.05) is 50.4 Å². The third-order valence-corrected chi connectivity index (χ3v) is 7.47. The zero-order valence-corrected chi connectivity index (χ0v) is 22.2. The first kappa shape index (κ1) is 24.3. The normalized spacial score (nSPS) is 18.5. The minimum Gasteiger partial charge on any atom is -0.353 e. The van der Waals surface area contributed by atoms with Crippen molar-refractivity contribution in [2.45, 2.75) is 38.9 Å². The van der Waals surface area contributed by atoms with E-state index in [0.717, 1.165) is 53.8 Å². The second kappa shape index (κ2) is 9.79. The molecular formula is C28H28FN11. The van der Waals surface area contributed by atoms with Crippen LogP contribution in [-0.2, 0) is 6.54 Å². The molecule has 0 spiro atoms. The molecule has 0 aliphatic carbocycles. The first-order valence-corrected chi connectivity index (χ1v) is 13.3. The van der Waals surface area contributed by atoms with Gasteiger partial charge in [-0.2, -0.15) is 9.49 Å². The van der Waals surface area contributed by atoms with Crippen LogP contribution in [0.2, 0.25) is 0 Å². The fraction of sp³-hybridized carbons (Fsp3) is 0.286. The molecule has 202 valence electrons. The van der Waals surface area contributed by atoms with Crippen molar-refractivity contribution in [3.05, 3.63) is 84.1 Å². The zero-order chi connectivity index (χ0) is 27.2. The number of hydrogen-bond acceptors (Lipinski definition) is 9. The fourth-order valence-electron chi connectivity index (χ4n) is 5.49. The second-order valence-corrected chi connectivity index (χ2v) is 10.4. The number of H-pyrrole nitrogens is 1. The van der Waals surface area contributed by atoms with E-state index in [-0.39, 0.29) is 0 Å². The minimum absolute atomic E-state index is 0.460. The van der Waals surface area contributed by atoms with Crippen molar-refractivity contribution in [3.63, 3.8) is 0 Å². The van der Waals surface area contributed by atoms with Gasteiger partial charge in [-0.15, -0.1) is 5.10 Å². The standard InChI is InChI=1S/C28H28FN11/c1-17-9-25(33-26-10-18(2)35-36-26)34-28(32-17)19-3-6-27(31-12-19)38-15-22-11-23(16-38)39(22)14-20-4-5-21(13-30-20)40-8-7-24(29)37-40/h3-10,12-13,22-23H,11,14-16H2,1-2H3,(H2,32,33,34,35,36). The van der Waals surface area contributed by atoms with E-state index in [1.54, 1.807) is 12.4 Å². The number of piperidine rings is 1. The molecule has 0 aromatic carbocycles. The number of pyridine rings is 2. The third-order valence-electron chi connectivity index (χ3n) is 7.47. The Balaban J connectivity index is 0.991. The molecule has 2 unspecified atom stereocenters. The van der Waals surface area contributed by atoms with Gasteiger partial charge in [0.2, 0.25) is 5.95 Å². The van der Waals surface area contributed by atoms with Gasteiger partial charge in [-0.25, -0.2) is 19.6 Å². The Hall–Kier alpha value is -4.71. The van der Waals surface area contributed by atoms with Crippen LogP contribution in [0.4, 0.5) is 21.8 Å². The lowest BCUT2D eigenvalue weighted by Gasteiger charge is -2.56. The topological polar surface area (TPSA) is 117 Å². The fourth-order valence-corrected chi connectivity index (χ4v) is 5.49. The van der Waals surface area contributed by atoms with Crippen LogP contribution in [0.25, 0.3) is 17.1 Å². The summed E-state index contributed by atoms with van der Waals surface area (Å²) in [5.41, 5.74) is 4.44. The number of aromatic amines is 1. The molecule has 3 saturated heterocycles. The van der Waals surface area contributed by atoms with Crippen LogP contribution in [0.5, 0.6) is 0 Å². The molecule has 8 rings (SSSR count). The van der Waals surface area contributed by atoms with Gasteiger partial charge in [0.25, 0.3) is 0 Å². The molecule has 2 N–H and O–H groups in total. The van der Waals surface area contributed by atoms with Gasteiger partial charge in [0.15, 0.2) is 11.6 Å².